The predicted molar refractivity (Wildman–Crippen MR) is 86.7 cm³/mol. The Kier molecular flexibility index (Phi) is 6.78. The first-order chi connectivity index (χ1) is 10.3. The molecule has 0 aliphatic carbocycles. The first-order valence-electron chi connectivity index (χ1n) is 6.43. The summed E-state index contributed by atoms with van der Waals surface area (Å²) in [5.41, 5.74) is 0.950. The van der Waals surface area contributed by atoms with E-state index >= 15 is 0 Å². The predicted octanol–water partition coefficient (Wildman–Crippen LogP) is 2.22. The van der Waals surface area contributed by atoms with Crippen LogP contribution in [0.25, 0.3) is 0 Å². The van der Waals surface area contributed by atoms with Crippen molar-refractivity contribution in [2.45, 2.75) is 19.4 Å². The normalized spacial score (nSPS) is 11.2. The second-order valence-electron chi connectivity index (χ2n) is 4.53. The van der Waals surface area contributed by atoms with Gasteiger partial charge in [0.15, 0.2) is 0 Å². The Morgan fingerprint density at radius 3 is 2.32 bits per heavy atom. The highest BCUT2D eigenvalue weighted by Crippen LogP contribution is 2.13. The Morgan fingerprint density at radius 2 is 1.86 bits per heavy atom. The van der Waals surface area contributed by atoms with Crippen LogP contribution in [0.15, 0.2) is 35.3 Å². The summed E-state index contributed by atoms with van der Waals surface area (Å²) < 4.78 is 5.22. The minimum atomic E-state index is -0.820. The molecule has 0 unspecified atom stereocenters. The van der Waals surface area contributed by atoms with Crippen molar-refractivity contribution >= 4 is 39.4 Å². The molecule has 0 aliphatic heterocycles. The van der Waals surface area contributed by atoms with Gasteiger partial charge >= 0.3 is 5.97 Å². The van der Waals surface area contributed by atoms with E-state index in [0.717, 1.165) is 0 Å². The molecular formula is C15H17BrN2O4. The van der Waals surface area contributed by atoms with Crippen molar-refractivity contribution in [2.75, 3.05) is 12.4 Å². The van der Waals surface area contributed by atoms with Gasteiger partial charge in [0.2, 0.25) is 5.91 Å². The van der Waals surface area contributed by atoms with E-state index in [1.54, 1.807) is 24.3 Å². The summed E-state index contributed by atoms with van der Waals surface area (Å²) in [6.07, 6.45) is 0.225. The van der Waals surface area contributed by atoms with Crippen LogP contribution in [-0.4, -0.2) is 30.9 Å². The second kappa shape index (κ2) is 8.33. The number of methoxy groups -OCH3 is 1. The Morgan fingerprint density at radius 1 is 1.27 bits per heavy atom. The number of carbonyl (C=O) groups is 3. The van der Waals surface area contributed by atoms with E-state index in [-0.39, 0.29) is 12.3 Å². The number of anilines is 1. The Bertz CT molecular complexity index is 584. The molecule has 0 fully saturated rings. The third-order valence-corrected chi connectivity index (χ3v) is 3.01. The topological polar surface area (TPSA) is 84.5 Å². The van der Waals surface area contributed by atoms with E-state index in [1.807, 2.05) is 0 Å². The van der Waals surface area contributed by atoms with Gasteiger partial charge in [-0.2, -0.15) is 0 Å². The Hall–Kier alpha value is -2.15. The van der Waals surface area contributed by atoms with Gasteiger partial charge in [-0.3, -0.25) is 9.59 Å². The maximum absolute atomic E-state index is 12.1. The highest BCUT2D eigenvalue weighted by molar-refractivity contribution is 9.11. The first-order valence-corrected chi connectivity index (χ1v) is 7.22. The third-order valence-electron chi connectivity index (χ3n) is 2.68. The summed E-state index contributed by atoms with van der Waals surface area (Å²) in [5, 5.41) is 5.19. The van der Waals surface area contributed by atoms with Crippen molar-refractivity contribution in [1.29, 1.82) is 0 Å². The highest BCUT2D eigenvalue weighted by atomic mass is 79.9. The molecule has 1 aromatic carbocycles. The second-order valence-corrected chi connectivity index (χ2v) is 5.65. The molecule has 1 rings (SSSR count). The number of halogens is 1. The lowest BCUT2D eigenvalue weighted by atomic mass is 10.1. The van der Waals surface area contributed by atoms with Crippen molar-refractivity contribution in [3.8, 4) is 0 Å². The van der Waals surface area contributed by atoms with Crippen LogP contribution in [0.2, 0.25) is 0 Å². The van der Waals surface area contributed by atoms with Gasteiger partial charge in [0.25, 0.3) is 5.91 Å². The molecule has 0 saturated heterocycles. The molecule has 1 aromatic rings. The van der Waals surface area contributed by atoms with Crippen LogP contribution >= 0.6 is 15.9 Å². The van der Waals surface area contributed by atoms with Gasteiger partial charge in [0.05, 0.1) is 7.11 Å². The number of hydrogen-bond donors (Lipinski definition) is 2. The number of amides is 2. The van der Waals surface area contributed by atoms with Crippen molar-refractivity contribution in [3.05, 3.63) is 40.9 Å². The minimum Gasteiger partial charge on any atom is -0.467 e. The van der Waals surface area contributed by atoms with Crippen LogP contribution in [0.3, 0.4) is 0 Å². The molecule has 0 bridgehead atoms. The molecule has 6 nitrogen and oxygen atoms in total. The summed E-state index contributed by atoms with van der Waals surface area (Å²) in [4.78, 5) is 34.7. The van der Waals surface area contributed by atoms with Crippen LogP contribution in [-0.2, 0) is 14.3 Å². The van der Waals surface area contributed by atoms with Crippen molar-refractivity contribution in [1.82, 2.24) is 5.32 Å². The molecule has 2 amide bonds. The zero-order valence-corrected chi connectivity index (χ0v) is 13.9. The van der Waals surface area contributed by atoms with E-state index in [1.165, 1.54) is 14.0 Å². The third kappa shape index (κ3) is 5.69. The number of nitrogens with one attached hydrogen (secondary N) is 2. The fourth-order valence-corrected chi connectivity index (χ4v) is 2.03. The summed E-state index contributed by atoms with van der Waals surface area (Å²) in [6.45, 7) is 5.05. The molecule has 118 valence electrons. The monoisotopic (exact) mass is 368 g/mol. The van der Waals surface area contributed by atoms with Crippen LogP contribution in [0, 0.1) is 0 Å². The molecule has 1 atom stereocenters. The van der Waals surface area contributed by atoms with Gasteiger partial charge in [0, 0.05) is 24.6 Å². The van der Waals surface area contributed by atoms with Crippen LogP contribution in [0.5, 0.6) is 0 Å². The maximum atomic E-state index is 12.1. The van der Waals surface area contributed by atoms with E-state index in [0.29, 0.717) is 15.7 Å². The molecule has 22 heavy (non-hydrogen) atoms. The van der Waals surface area contributed by atoms with E-state index < -0.39 is 17.9 Å². The summed E-state index contributed by atoms with van der Waals surface area (Å²) in [7, 11) is 1.25. The minimum absolute atomic E-state index is 0.196. The molecule has 0 spiro atoms. The van der Waals surface area contributed by atoms with Gasteiger partial charge < -0.3 is 15.4 Å². The first kappa shape index (κ1) is 17.9. The van der Waals surface area contributed by atoms with Gasteiger partial charge in [-0.25, -0.2) is 4.79 Å². The Labute approximate surface area is 137 Å². The molecule has 2 N–H and O–H groups in total. The molecule has 0 aliphatic rings. The lowest BCUT2D eigenvalue weighted by molar-refractivity contribution is -0.142. The summed E-state index contributed by atoms with van der Waals surface area (Å²) >= 11 is 3.16. The lowest BCUT2D eigenvalue weighted by Gasteiger charge is -2.16. The Balaban J connectivity index is 2.78. The number of hydrogen-bond acceptors (Lipinski definition) is 4. The number of carbonyl (C=O) groups excluding carboxylic acids is 3. The summed E-state index contributed by atoms with van der Waals surface area (Å²) in [6, 6.07) is 5.50. The van der Waals surface area contributed by atoms with Crippen molar-refractivity contribution < 1.29 is 19.1 Å². The van der Waals surface area contributed by atoms with Gasteiger partial charge in [-0.05, 0) is 28.7 Å². The number of benzene rings is 1. The van der Waals surface area contributed by atoms with Crippen LogP contribution in [0.1, 0.15) is 23.7 Å². The zero-order chi connectivity index (χ0) is 16.7. The van der Waals surface area contributed by atoms with E-state index in [4.69, 9.17) is 0 Å². The molecule has 0 aromatic heterocycles. The van der Waals surface area contributed by atoms with Gasteiger partial charge in [-0.1, -0.05) is 22.5 Å². The van der Waals surface area contributed by atoms with Gasteiger partial charge in [0.1, 0.15) is 6.04 Å². The molecule has 0 saturated carbocycles. The smallest absolute Gasteiger partial charge is 0.328 e. The van der Waals surface area contributed by atoms with Crippen LogP contribution < -0.4 is 10.6 Å². The molecule has 0 radical (unpaired) electrons. The maximum Gasteiger partial charge on any atom is 0.328 e. The van der Waals surface area contributed by atoms with Gasteiger partial charge in [-0.15, -0.1) is 0 Å². The number of rotatable bonds is 6. The average Bonchev–Trinajstić information content (AvgIpc) is 2.45. The van der Waals surface area contributed by atoms with Crippen molar-refractivity contribution in [3.63, 3.8) is 0 Å². The summed E-state index contributed by atoms with van der Waals surface area (Å²) in [5.74, 6) is -1.17. The number of ether oxygens (including phenoxy) is 1. The zero-order valence-electron chi connectivity index (χ0n) is 12.3. The molecule has 0 heterocycles. The van der Waals surface area contributed by atoms with Crippen LogP contribution in [0.4, 0.5) is 5.69 Å². The standard InChI is InChI=1S/C15H17BrN2O4/c1-9(16)8-13(15(21)22-3)18-14(20)11-4-6-12(7-5-11)17-10(2)19/h4-7,13H,1,8H2,2-3H3,(H,17,19)(H,18,20)/t13-/m1/s1. The fourth-order valence-electron chi connectivity index (χ4n) is 1.71. The quantitative estimate of drug-likeness (QED) is 0.753. The lowest BCUT2D eigenvalue weighted by Crippen LogP contribution is -2.41. The largest absolute Gasteiger partial charge is 0.467 e. The van der Waals surface area contributed by atoms with E-state index in [2.05, 4.69) is 37.9 Å². The van der Waals surface area contributed by atoms with Crippen molar-refractivity contribution in [2.24, 2.45) is 0 Å². The number of esters is 1. The molecule has 7 heteroatoms. The SMILES string of the molecule is C=C(Br)C[C@@H](NC(=O)c1ccc(NC(C)=O)cc1)C(=O)OC. The average molecular weight is 369 g/mol. The van der Waals surface area contributed by atoms with E-state index in [9.17, 15) is 14.4 Å². The fraction of sp³-hybridized carbons (Fsp3) is 0.267. The molecular weight excluding hydrogens is 352 g/mol. The highest BCUT2D eigenvalue weighted by Gasteiger charge is 2.22.